The molecule has 4 rings (SSSR count). The molecule has 0 aliphatic carbocycles. The predicted molar refractivity (Wildman–Crippen MR) is 122 cm³/mol. The highest BCUT2D eigenvalue weighted by Gasteiger charge is 2.15. The van der Waals surface area contributed by atoms with E-state index < -0.39 is 0 Å². The van der Waals surface area contributed by atoms with Crippen LogP contribution in [0.15, 0.2) is 77.4 Å². The minimum Gasteiger partial charge on any atom is -0.496 e. The number of amides is 1. The molecule has 0 atom stereocenters. The summed E-state index contributed by atoms with van der Waals surface area (Å²) in [4.78, 5) is 12.5. The number of methoxy groups -OCH3 is 1. The zero-order chi connectivity index (χ0) is 22.0. The molecule has 156 valence electrons. The van der Waals surface area contributed by atoms with Gasteiger partial charge in [-0.1, -0.05) is 35.9 Å². The second kappa shape index (κ2) is 8.66. The van der Waals surface area contributed by atoms with Crippen molar-refractivity contribution >= 4 is 39.7 Å². The van der Waals surface area contributed by atoms with E-state index in [1.54, 1.807) is 55.8 Å². The molecule has 0 bridgehead atoms. The number of allylic oxidation sites excluding steroid dienone is 1. The molecule has 0 saturated heterocycles. The minimum absolute atomic E-state index is 0.304. The van der Waals surface area contributed by atoms with Crippen LogP contribution >= 0.6 is 11.6 Å². The van der Waals surface area contributed by atoms with Crippen LogP contribution in [-0.4, -0.2) is 13.0 Å². The average molecular weight is 436 g/mol. The molecule has 0 spiro atoms. The first-order valence-corrected chi connectivity index (χ1v) is 9.93. The van der Waals surface area contributed by atoms with Gasteiger partial charge in [0.05, 0.1) is 24.1 Å². The average Bonchev–Trinajstić information content (AvgIpc) is 3.17. The van der Waals surface area contributed by atoms with Gasteiger partial charge in [0.2, 0.25) is 5.91 Å². The normalized spacial score (nSPS) is 11.5. The van der Waals surface area contributed by atoms with Crippen molar-refractivity contribution in [1.29, 1.82) is 0 Å². The second-order valence-corrected chi connectivity index (χ2v) is 7.41. The van der Waals surface area contributed by atoms with Gasteiger partial charge in [-0.2, -0.15) is 0 Å². The predicted octanol–water partition coefficient (Wildman–Crippen LogP) is 6.94. The number of rotatable bonds is 5. The molecule has 1 aromatic heterocycles. The zero-order valence-corrected chi connectivity index (χ0v) is 17.7. The van der Waals surface area contributed by atoms with Gasteiger partial charge in [-0.3, -0.25) is 4.79 Å². The van der Waals surface area contributed by atoms with Gasteiger partial charge < -0.3 is 14.5 Å². The van der Waals surface area contributed by atoms with Crippen molar-refractivity contribution in [3.05, 3.63) is 89.4 Å². The summed E-state index contributed by atoms with van der Waals surface area (Å²) in [7, 11) is 1.56. The van der Waals surface area contributed by atoms with Crippen molar-refractivity contribution in [2.45, 2.75) is 6.92 Å². The number of nitrogens with one attached hydrogen (secondary N) is 1. The van der Waals surface area contributed by atoms with Crippen LogP contribution < -0.4 is 10.1 Å². The molecule has 1 heterocycles. The molecular formula is C25H19ClFNO3. The van der Waals surface area contributed by atoms with Crippen LogP contribution in [0.5, 0.6) is 5.75 Å². The molecule has 1 amide bonds. The summed E-state index contributed by atoms with van der Waals surface area (Å²) in [5.41, 5.74) is 4.27. The quantitative estimate of drug-likeness (QED) is 0.345. The molecule has 6 heteroatoms. The molecule has 0 unspecified atom stereocenters. The molecule has 4 aromatic rings. The van der Waals surface area contributed by atoms with Gasteiger partial charge in [-0.05, 0) is 48.4 Å². The number of furan rings is 1. The molecule has 0 radical (unpaired) electrons. The van der Waals surface area contributed by atoms with E-state index in [-0.39, 0.29) is 11.7 Å². The maximum atomic E-state index is 13.3. The van der Waals surface area contributed by atoms with Crippen LogP contribution in [0.1, 0.15) is 12.5 Å². The number of hydrogen-bond donors (Lipinski definition) is 1. The van der Waals surface area contributed by atoms with Crippen LogP contribution in [0.25, 0.3) is 27.7 Å². The van der Waals surface area contributed by atoms with Gasteiger partial charge in [-0.25, -0.2) is 4.39 Å². The number of hydrogen-bond acceptors (Lipinski definition) is 3. The highest BCUT2D eigenvalue weighted by Crippen LogP contribution is 2.37. The summed E-state index contributed by atoms with van der Waals surface area (Å²) < 4.78 is 24.5. The first-order valence-electron chi connectivity index (χ1n) is 9.55. The third-order valence-electron chi connectivity index (χ3n) is 4.96. The van der Waals surface area contributed by atoms with E-state index in [2.05, 4.69) is 5.32 Å². The maximum Gasteiger partial charge on any atom is 0.248 e. The van der Waals surface area contributed by atoms with E-state index in [9.17, 15) is 9.18 Å². The number of carbonyl (C=O) groups excluding carboxylic acids is 1. The van der Waals surface area contributed by atoms with E-state index in [1.165, 1.54) is 18.2 Å². The van der Waals surface area contributed by atoms with E-state index in [0.717, 1.165) is 22.1 Å². The molecule has 0 fully saturated rings. The van der Waals surface area contributed by atoms with Crippen LogP contribution in [0, 0.1) is 5.82 Å². The van der Waals surface area contributed by atoms with Crippen molar-refractivity contribution in [2.24, 2.45) is 0 Å². The van der Waals surface area contributed by atoms with E-state index in [1.807, 2.05) is 13.0 Å². The summed E-state index contributed by atoms with van der Waals surface area (Å²) in [5.74, 6) is -0.0345. The third-order valence-corrected chi connectivity index (χ3v) is 5.28. The van der Waals surface area contributed by atoms with Crippen molar-refractivity contribution in [3.8, 4) is 16.9 Å². The fourth-order valence-corrected chi connectivity index (χ4v) is 3.57. The van der Waals surface area contributed by atoms with Crippen LogP contribution in [0.3, 0.4) is 0 Å². The molecule has 3 aromatic carbocycles. The number of halogens is 2. The maximum absolute atomic E-state index is 13.3. The molecular weight excluding hydrogens is 417 g/mol. The first kappa shape index (κ1) is 20.7. The molecule has 0 aliphatic heterocycles. The summed E-state index contributed by atoms with van der Waals surface area (Å²) in [5, 5.41) is 4.08. The van der Waals surface area contributed by atoms with Crippen LogP contribution in [-0.2, 0) is 4.79 Å². The Balaban J connectivity index is 1.72. The highest BCUT2D eigenvalue weighted by atomic mass is 35.5. The number of carbonyl (C=O) groups is 1. The number of fused-ring (bicyclic) bond motifs is 1. The van der Waals surface area contributed by atoms with Crippen LogP contribution in [0.2, 0.25) is 5.02 Å². The summed E-state index contributed by atoms with van der Waals surface area (Å²) in [6, 6.07) is 16.9. The zero-order valence-electron chi connectivity index (χ0n) is 16.9. The van der Waals surface area contributed by atoms with Crippen LogP contribution in [0.4, 0.5) is 10.1 Å². The van der Waals surface area contributed by atoms with Crippen molar-refractivity contribution in [2.75, 3.05) is 12.4 Å². The summed E-state index contributed by atoms with van der Waals surface area (Å²) in [6.45, 7) is 1.83. The Labute approximate surface area is 183 Å². The van der Waals surface area contributed by atoms with E-state index in [4.69, 9.17) is 20.8 Å². The minimum atomic E-state index is -0.307. The lowest BCUT2D eigenvalue weighted by Crippen LogP contribution is -2.09. The van der Waals surface area contributed by atoms with Gasteiger partial charge in [0.1, 0.15) is 17.1 Å². The highest BCUT2D eigenvalue weighted by molar-refractivity contribution is 6.33. The second-order valence-electron chi connectivity index (χ2n) is 7.00. The SMILES string of the molecule is COc1cc2occ(-c3ccc(F)cc3)c2cc1/C(C)=C/C(=O)Nc1ccccc1Cl. The standard InChI is InChI=1S/C25H19ClFNO3/c1-15(11-25(29)28-22-6-4-3-5-21(22)26)18-12-19-20(16-7-9-17(27)10-8-16)14-31-24(19)13-23(18)30-2/h3-14H,1-2H3,(H,28,29)/b15-11+. The Morgan fingerprint density at radius 3 is 2.58 bits per heavy atom. The smallest absolute Gasteiger partial charge is 0.248 e. The number of ether oxygens (including phenoxy) is 1. The van der Waals surface area contributed by atoms with E-state index >= 15 is 0 Å². The Kier molecular flexibility index (Phi) is 5.78. The van der Waals surface area contributed by atoms with E-state index in [0.29, 0.717) is 27.6 Å². The van der Waals surface area contributed by atoms with Gasteiger partial charge in [-0.15, -0.1) is 0 Å². The number of benzene rings is 3. The molecule has 1 N–H and O–H groups in total. The lowest BCUT2D eigenvalue weighted by molar-refractivity contribution is -0.111. The molecule has 31 heavy (non-hydrogen) atoms. The van der Waals surface area contributed by atoms with Gasteiger partial charge in [0.25, 0.3) is 0 Å². The third kappa shape index (κ3) is 4.32. The Hall–Kier alpha value is -3.57. The van der Waals surface area contributed by atoms with Gasteiger partial charge >= 0.3 is 0 Å². The van der Waals surface area contributed by atoms with Crippen molar-refractivity contribution < 1.29 is 18.3 Å². The lowest BCUT2D eigenvalue weighted by atomic mass is 9.99. The molecule has 0 aliphatic rings. The van der Waals surface area contributed by atoms with Gasteiger partial charge in [0.15, 0.2) is 0 Å². The fourth-order valence-electron chi connectivity index (χ4n) is 3.39. The molecule has 0 saturated carbocycles. The summed E-state index contributed by atoms with van der Waals surface area (Å²) >= 11 is 6.12. The summed E-state index contributed by atoms with van der Waals surface area (Å²) in [6.07, 6.45) is 3.12. The number of para-hydroxylation sites is 1. The Morgan fingerprint density at radius 2 is 1.87 bits per heavy atom. The first-order chi connectivity index (χ1) is 15.0. The van der Waals surface area contributed by atoms with Gasteiger partial charge in [0, 0.05) is 28.7 Å². The van der Waals surface area contributed by atoms with Crippen molar-refractivity contribution in [1.82, 2.24) is 0 Å². The van der Waals surface area contributed by atoms with Crippen molar-refractivity contribution in [3.63, 3.8) is 0 Å². The number of anilines is 1. The lowest BCUT2D eigenvalue weighted by Gasteiger charge is -2.10. The monoisotopic (exact) mass is 435 g/mol. The Bertz CT molecular complexity index is 1290. The molecule has 4 nitrogen and oxygen atoms in total. The Morgan fingerprint density at radius 1 is 1.13 bits per heavy atom. The largest absolute Gasteiger partial charge is 0.496 e. The topological polar surface area (TPSA) is 51.5 Å². The fraction of sp³-hybridized carbons (Fsp3) is 0.0800.